The average Bonchev–Trinajstić information content (AvgIpc) is 1.86. The predicted molar refractivity (Wildman–Crippen MR) is 53.2 cm³/mol. The monoisotopic (exact) mass is 190 g/mol. The molecule has 62 valence electrons. The number of alkyl halides is 1. The Morgan fingerprint density at radius 3 is 2.36 bits per heavy atom. The molecule has 0 saturated carbocycles. The van der Waals surface area contributed by atoms with Crippen molar-refractivity contribution in [1.82, 2.24) is 0 Å². The highest BCUT2D eigenvalue weighted by molar-refractivity contribution is 6.25. The summed E-state index contributed by atoms with van der Waals surface area (Å²) in [7, 11) is 0. The second-order valence-corrected chi connectivity index (χ2v) is 3.15. The summed E-state index contributed by atoms with van der Waals surface area (Å²) in [6.45, 7) is 4.03. The Labute approximate surface area is 78.2 Å². The minimum atomic E-state index is -0.0344. The van der Waals surface area contributed by atoms with Gasteiger partial charge in [-0.15, -0.1) is 11.6 Å². The molecule has 0 aromatic heterocycles. The van der Waals surface area contributed by atoms with E-state index < -0.39 is 0 Å². The van der Waals surface area contributed by atoms with Gasteiger partial charge in [0.1, 0.15) is 0 Å². The Hall–Kier alpha value is -0.200. The highest BCUT2D eigenvalue weighted by atomic mass is 35.5. The van der Waals surface area contributed by atoms with E-state index >= 15 is 0 Å². The van der Waals surface area contributed by atoms with Crippen LogP contribution in [-0.2, 0) is 0 Å². The summed E-state index contributed by atoms with van der Waals surface area (Å²) >= 11 is 11.2. The summed E-state index contributed by atoms with van der Waals surface area (Å²) in [5.41, 5.74) is 2.66. The van der Waals surface area contributed by atoms with Gasteiger partial charge in [0, 0.05) is 5.54 Å². The van der Waals surface area contributed by atoms with E-state index in [9.17, 15) is 0 Å². The van der Waals surface area contributed by atoms with Gasteiger partial charge in [0.15, 0.2) is 0 Å². The third kappa shape index (κ3) is 7.70. The third-order valence-electron chi connectivity index (χ3n) is 0.971. The molecule has 1 atom stereocenters. The van der Waals surface area contributed by atoms with Crippen molar-refractivity contribution in [3.8, 4) is 0 Å². The molecular weight excluding hydrogens is 179 g/mol. The number of allylic oxidation sites excluding steroid dienone is 5. The lowest BCUT2D eigenvalue weighted by molar-refractivity contribution is 1.28. The van der Waals surface area contributed by atoms with Crippen LogP contribution in [0.3, 0.4) is 0 Å². The molecule has 0 rings (SSSR count). The normalized spacial score (nSPS) is 14.2. The molecule has 0 aromatic carbocycles. The topological polar surface area (TPSA) is 0 Å². The molecule has 0 aliphatic heterocycles. The molecule has 0 aliphatic rings. The first-order valence-electron chi connectivity index (χ1n) is 3.39. The fourth-order valence-corrected chi connectivity index (χ4v) is 1.01. The number of hydrogen-bond acceptors (Lipinski definition) is 0. The predicted octanol–water partition coefficient (Wildman–Crippen LogP) is 3.87. The van der Waals surface area contributed by atoms with E-state index in [-0.39, 0.29) is 5.38 Å². The molecule has 11 heavy (non-hydrogen) atoms. The number of halogens is 2. The fourth-order valence-electron chi connectivity index (χ4n) is 0.586. The standard InChI is InChI=1S/C9H12Cl2/c1-8(2)7-9(11)5-3-4-6-10/h3-7,9H,1-2H3. The lowest BCUT2D eigenvalue weighted by Gasteiger charge is -1.94. The van der Waals surface area contributed by atoms with Crippen LogP contribution in [0.1, 0.15) is 13.8 Å². The van der Waals surface area contributed by atoms with E-state index in [1.165, 1.54) is 11.1 Å². The summed E-state index contributed by atoms with van der Waals surface area (Å²) in [6, 6.07) is 0. The molecule has 0 aromatic rings. The Balaban J connectivity index is 3.87. The SMILES string of the molecule is CC(C)=CC(Cl)C=CC=CCl. The van der Waals surface area contributed by atoms with Crippen molar-refractivity contribution in [2.75, 3.05) is 0 Å². The highest BCUT2D eigenvalue weighted by Crippen LogP contribution is 2.03. The molecule has 0 spiro atoms. The smallest absolute Gasteiger partial charge is 0.0702 e. The second-order valence-electron chi connectivity index (χ2n) is 2.39. The molecule has 0 radical (unpaired) electrons. The quantitative estimate of drug-likeness (QED) is 0.361. The molecule has 0 bridgehead atoms. The first kappa shape index (κ1) is 10.8. The van der Waals surface area contributed by atoms with Gasteiger partial charge >= 0.3 is 0 Å². The molecular formula is C9H12Cl2. The van der Waals surface area contributed by atoms with Crippen LogP contribution >= 0.6 is 23.2 Å². The van der Waals surface area contributed by atoms with E-state index in [1.54, 1.807) is 6.08 Å². The van der Waals surface area contributed by atoms with E-state index in [4.69, 9.17) is 23.2 Å². The highest BCUT2D eigenvalue weighted by Gasteiger charge is 1.90. The number of rotatable bonds is 3. The summed E-state index contributed by atoms with van der Waals surface area (Å²) in [4.78, 5) is 0. The Morgan fingerprint density at radius 2 is 1.91 bits per heavy atom. The van der Waals surface area contributed by atoms with Crippen LogP contribution < -0.4 is 0 Å². The molecule has 1 unspecified atom stereocenters. The molecule has 2 heteroatoms. The van der Waals surface area contributed by atoms with Crippen molar-refractivity contribution in [2.45, 2.75) is 19.2 Å². The zero-order valence-electron chi connectivity index (χ0n) is 6.72. The second kappa shape index (κ2) is 6.51. The van der Waals surface area contributed by atoms with Crippen LogP contribution in [0.5, 0.6) is 0 Å². The minimum Gasteiger partial charge on any atom is -0.114 e. The van der Waals surface area contributed by atoms with Crippen LogP contribution in [0.4, 0.5) is 0 Å². The van der Waals surface area contributed by atoms with Crippen molar-refractivity contribution in [3.05, 3.63) is 35.4 Å². The van der Waals surface area contributed by atoms with Crippen molar-refractivity contribution >= 4 is 23.2 Å². The molecule has 0 aliphatic carbocycles. The molecule has 0 N–H and O–H groups in total. The van der Waals surface area contributed by atoms with Gasteiger partial charge in [-0.1, -0.05) is 41.5 Å². The van der Waals surface area contributed by atoms with Gasteiger partial charge in [-0.25, -0.2) is 0 Å². The molecule has 0 saturated heterocycles. The average molecular weight is 191 g/mol. The first-order valence-corrected chi connectivity index (χ1v) is 4.26. The van der Waals surface area contributed by atoms with Crippen molar-refractivity contribution in [3.63, 3.8) is 0 Å². The molecule has 0 heterocycles. The first-order chi connectivity index (χ1) is 5.16. The van der Waals surface area contributed by atoms with Crippen LogP contribution in [0.2, 0.25) is 0 Å². The lowest BCUT2D eigenvalue weighted by atomic mass is 10.2. The largest absolute Gasteiger partial charge is 0.114 e. The fraction of sp³-hybridized carbons (Fsp3) is 0.333. The van der Waals surface area contributed by atoms with E-state index in [2.05, 4.69) is 0 Å². The summed E-state index contributed by atoms with van der Waals surface area (Å²) in [5.74, 6) is 0. The van der Waals surface area contributed by atoms with Gasteiger partial charge < -0.3 is 0 Å². The van der Waals surface area contributed by atoms with Crippen LogP contribution in [0.25, 0.3) is 0 Å². The zero-order valence-corrected chi connectivity index (χ0v) is 8.23. The Bertz CT molecular complexity index is 174. The Morgan fingerprint density at radius 1 is 1.27 bits per heavy atom. The molecule has 0 amide bonds. The minimum absolute atomic E-state index is 0.0344. The summed E-state index contributed by atoms with van der Waals surface area (Å²) < 4.78 is 0. The third-order valence-corrected chi connectivity index (χ3v) is 1.39. The lowest BCUT2D eigenvalue weighted by Crippen LogP contribution is -1.86. The van der Waals surface area contributed by atoms with E-state index in [0.29, 0.717) is 0 Å². The summed E-state index contributed by atoms with van der Waals surface area (Å²) in [6.07, 6.45) is 7.40. The van der Waals surface area contributed by atoms with Gasteiger partial charge in [-0.05, 0) is 13.8 Å². The molecule has 0 fully saturated rings. The van der Waals surface area contributed by atoms with Crippen molar-refractivity contribution in [1.29, 1.82) is 0 Å². The zero-order chi connectivity index (χ0) is 8.69. The van der Waals surface area contributed by atoms with Gasteiger partial charge in [0.2, 0.25) is 0 Å². The number of hydrogen-bond donors (Lipinski definition) is 0. The van der Waals surface area contributed by atoms with E-state index in [1.807, 2.05) is 32.1 Å². The van der Waals surface area contributed by atoms with Crippen LogP contribution in [0.15, 0.2) is 35.4 Å². The van der Waals surface area contributed by atoms with Crippen molar-refractivity contribution in [2.24, 2.45) is 0 Å². The van der Waals surface area contributed by atoms with Gasteiger partial charge in [-0.3, -0.25) is 0 Å². The Kier molecular flexibility index (Phi) is 6.39. The van der Waals surface area contributed by atoms with Crippen molar-refractivity contribution < 1.29 is 0 Å². The van der Waals surface area contributed by atoms with Gasteiger partial charge in [0.25, 0.3) is 0 Å². The maximum absolute atomic E-state index is 5.87. The molecule has 0 nitrogen and oxygen atoms in total. The van der Waals surface area contributed by atoms with Crippen LogP contribution in [0, 0.1) is 0 Å². The van der Waals surface area contributed by atoms with Gasteiger partial charge in [-0.2, -0.15) is 0 Å². The maximum atomic E-state index is 5.87. The van der Waals surface area contributed by atoms with E-state index in [0.717, 1.165) is 0 Å². The maximum Gasteiger partial charge on any atom is 0.0702 e. The summed E-state index contributed by atoms with van der Waals surface area (Å²) in [5, 5.41) is -0.0344. The van der Waals surface area contributed by atoms with Gasteiger partial charge in [0.05, 0.1) is 5.38 Å². The van der Waals surface area contributed by atoms with Crippen LogP contribution in [-0.4, -0.2) is 5.38 Å².